The number of amides is 1. The summed E-state index contributed by atoms with van der Waals surface area (Å²) >= 11 is 0. The largest absolute Gasteiger partial charge is 0.481 e. The minimum Gasteiger partial charge on any atom is -0.481 e. The van der Waals surface area contributed by atoms with E-state index >= 15 is 0 Å². The molecule has 0 aliphatic heterocycles. The van der Waals surface area contributed by atoms with Gasteiger partial charge in [0, 0.05) is 5.56 Å². The Morgan fingerprint density at radius 3 is 2.39 bits per heavy atom. The van der Waals surface area contributed by atoms with Crippen molar-refractivity contribution in [2.24, 2.45) is 11.3 Å². The molecule has 3 N–H and O–H groups in total. The van der Waals surface area contributed by atoms with Crippen molar-refractivity contribution >= 4 is 29.5 Å². The maximum atomic E-state index is 13.6. The molecule has 1 aromatic carbocycles. The van der Waals surface area contributed by atoms with Gasteiger partial charge in [-0.1, -0.05) is 76.4 Å². The minimum absolute atomic E-state index is 0.198. The Morgan fingerprint density at radius 2 is 1.81 bits per heavy atom. The first-order chi connectivity index (χ1) is 17.2. The fourth-order valence-electron chi connectivity index (χ4n) is 4.69. The maximum Gasteiger partial charge on any atom is 0.329 e. The van der Waals surface area contributed by atoms with Crippen molar-refractivity contribution in [3.05, 3.63) is 42.5 Å². The zero-order chi connectivity index (χ0) is 26.6. The average molecular weight is 501 g/mol. The van der Waals surface area contributed by atoms with Gasteiger partial charge in [-0.15, -0.1) is 0 Å². The van der Waals surface area contributed by atoms with Crippen molar-refractivity contribution < 1.29 is 29.0 Å². The van der Waals surface area contributed by atoms with Crippen molar-refractivity contribution in [1.29, 1.82) is 5.41 Å². The molecular weight excluding hydrogens is 460 g/mol. The van der Waals surface area contributed by atoms with Crippen LogP contribution in [0.2, 0.25) is 0 Å². The number of unbranched alkanes of at least 4 members (excludes halogenated alkanes) is 1. The molecule has 8 nitrogen and oxygen atoms in total. The normalized spacial score (nSPS) is 15.9. The van der Waals surface area contributed by atoms with Crippen LogP contribution in [0.1, 0.15) is 83.6 Å². The Balaban J connectivity index is 2.16. The number of rotatable bonds is 15. The molecule has 0 spiro atoms. The van der Waals surface area contributed by atoms with Crippen LogP contribution < -0.4 is 5.32 Å². The lowest BCUT2D eigenvalue weighted by Crippen LogP contribution is -2.50. The highest BCUT2D eigenvalue weighted by atomic mass is 16.5. The van der Waals surface area contributed by atoms with Crippen LogP contribution in [0.3, 0.4) is 0 Å². The minimum atomic E-state index is -1.11. The van der Waals surface area contributed by atoms with Crippen molar-refractivity contribution in [1.82, 2.24) is 5.32 Å². The second-order valence-electron chi connectivity index (χ2n) is 9.58. The van der Waals surface area contributed by atoms with E-state index in [4.69, 9.17) is 14.9 Å². The summed E-state index contributed by atoms with van der Waals surface area (Å²) in [7, 11) is 0. The molecule has 0 saturated heterocycles. The van der Waals surface area contributed by atoms with Crippen LogP contribution in [0.4, 0.5) is 0 Å². The van der Waals surface area contributed by atoms with Crippen LogP contribution in [0.25, 0.3) is 5.76 Å². The van der Waals surface area contributed by atoms with Gasteiger partial charge in [0.25, 0.3) is 0 Å². The molecule has 8 heteroatoms. The lowest BCUT2D eigenvalue weighted by Gasteiger charge is -2.32. The van der Waals surface area contributed by atoms with Gasteiger partial charge in [-0.25, -0.2) is 4.79 Å². The van der Waals surface area contributed by atoms with Crippen LogP contribution in [-0.4, -0.2) is 41.5 Å². The monoisotopic (exact) mass is 500 g/mol. The van der Waals surface area contributed by atoms with Gasteiger partial charge in [0.1, 0.15) is 11.8 Å². The highest BCUT2D eigenvalue weighted by Crippen LogP contribution is 2.44. The molecule has 1 aromatic rings. The molecule has 1 unspecified atom stereocenters. The van der Waals surface area contributed by atoms with Crippen molar-refractivity contribution in [3.63, 3.8) is 0 Å². The molecule has 2 rings (SSSR count). The van der Waals surface area contributed by atoms with Crippen LogP contribution in [0, 0.1) is 16.7 Å². The Labute approximate surface area is 214 Å². The average Bonchev–Trinajstić information content (AvgIpc) is 3.33. The fraction of sp³-hybridized carbons (Fsp3) is 0.571. The number of carbonyl (C=O) groups is 3. The number of nitrogens with one attached hydrogen (secondary N) is 2. The summed E-state index contributed by atoms with van der Waals surface area (Å²) < 4.78 is 10.9. The predicted molar refractivity (Wildman–Crippen MR) is 138 cm³/mol. The van der Waals surface area contributed by atoms with Gasteiger partial charge < -0.3 is 19.9 Å². The van der Waals surface area contributed by atoms with Gasteiger partial charge in [0.05, 0.1) is 24.4 Å². The van der Waals surface area contributed by atoms with Gasteiger partial charge >= 0.3 is 11.9 Å². The molecule has 0 bridgehead atoms. The SMILES string of the molecule is C=C(OC(=N)CC(NC(=O)C1(C[C@@H](CCC)C(=O)O)CCCC1)C(=O)OCCCC)c1ccccc1. The number of carboxylic acid groups (broad SMARTS) is 1. The van der Waals surface area contributed by atoms with Crippen LogP contribution in [0.5, 0.6) is 0 Å². The Bertz CT molecular complexity index is 908. The van der Waals surface area contributed by atoms with Crippen molar-refractivity contribution in [2.45, 2.75) is 84.1 Å². The lowest BCUT2D eigenvalue weighted by atomic mass is 9.75. The fourth-order valence-corrected chi connectivity index (χ4v) is 4.69. The number of benzene rings is 1. The molecule has 1 aliphatic carbocycles. The molecule has 2 atom stereocenters. The van der Waals surface area contributed by atoms with Gasteiger partial charge in [-0.05, 0) is 32.1 Å². The van der Waals surface area contributed by atoms with E-state index in [-0.39, 0.29) is 37.0 Å². The predicted octanol–water partition coefficient (Wildman–Crippen LogP) is 5.32. The van der Waals surface area contributed by atoms with Crippen LogP contribution in [0.15, 0.2) is 36.9 Å². The van der Waals surface area contributed by atoms with Crippen molar-refractivity contribution in [2.75, 3.05) is 6.61 Å². The van der Waals surface area contributed by atoms with E-state index in [2.05, 4.69) is 11.9 Å². The first kappa shape index (κ1) is 29.1. The second kappa shape index (κ2) is 14.4. The maximum absolute atomic E-state index is 13.6. The van der Waals surface area contributed by atoms with Crippen molar-refractivity contribution in [3.8, 4) is 0 Å². The second-order valence-corrected chi connectivity index (χ2v) is 9.58. The summed E-state index contributed by atoms with van der Waals surface area (Å²) in [5, 5.41) is 20.8. The zero-order valence-electron chi connectivity index (χ0n) is 21.5. The van der Waals surface area contributed by atoms with E-state index in [9.17, 15) is 19.5 Å². The Morgan fingerprint density at radius 1 is 1.14 bits per heavy atom. The summed E-state index contributed by atoms with van der Waals surface area (Å²) in [6.07, 6.45) is 5.57. The smallest absolute Gasteiger partial charge is 0.329 e. The Hall–Kier alpha value is -3.16. The number of carbonyl (C=O) groups excluding carboxylic acids is 2. The highest BCUT2D eigenvalue weighted by Gasteiger charge is 2.45. The number of hydrogen-bond acceptors (Lipinski definition) is 6. The standard InChI is InChI=1S/C28H40N2O6/c1-4-6-17-35-26(33)23(18-24(29)36-20(3)21-13-8-7-9-14-21)30-27(34)28(15-10-11-16-28)19-22(12-5-2)25(31)32/h7-9,13-14,22-23,29H,3-6,10-12,15-19H2,1-2H3,(H,30,34)(H,31,32)/t22-,23?/m1/s1. The third-order valence-electron chi connectivity index (χ3n) is 6.73. The molecule has 0 radical (unpaired) electrons. The van der Waals surface area contributed by atoms with E-state index in [1.54, 1.807) is 12.1 Å². The summed E-state index contributed by atoms with van der Waals surface area (Å²) in [6.45, 7) is 7.98. The third-order valence-corrected chi connectivity index (χ3v) is 6.73. The molecule has 0 heterocycles. The van der Waals surface area contributed by atoms with E-state index in [0.29, 0.717) is 37.7 Å². The first-order valence-electron chi connectivity index (χ1n) is 12.9. The van der Waals surface area contributed by atoms with E-state index in [1.807, 2.05) is 32.0 Å². The van der Waals surface area contributed by atoms with Gasteiger partial charge in [0.15, 0.2) is 5.90 Å². The summed E-state index contributed by atoms with van der Waals surface area (Å²) in [5.74, 6) is -2.47. The number of hydrogen-bond donors (Lipinski definition) is 3. The summed E-state index contributed by atoms with van der Waals surface area (Å²) in [4.78, 5) is 38.3. The summed E-state index contributed by atoms with van der Waals surface area (Å²) in [5.41, 5.74) is -0.148. The van der Waals surface area contributed by atoms with Gasteiger partial charge in [-0.2, -0.15) is 0 Å². The quantitative estimate of drug-likeness (QED) is 0.0984. The number of aliphatic carboxylic acids is 1. The number of carboxylic acids is 1. The molecule has 198 valence electrons. The first-order valence-corrected chi connectivity index (χ1v) is 12.9. The molecular formula is C28H40N2O6. The third kappa shape index (κ3) is 8.50. The molecule has 1 fully saturated rings. The molecule has 1 saturated carbocycles. The van der Waals surface area contributed by atoms with Crippen LogP contribution >= 0.6 is 0 Å². The van der Waals surface area contributed by atoms with Crippen LogP contribution in [-0.2, 0) is 23.9 Å². The highest BCUT2D eigenvalue weighted by molar-refractivity contribution is 5.92. The van der Waals surface area contributed by atoms with E-state index in [1.165, 1.54) is 0 Å². The Kier molecular flexibility index (Phi) is 11.6. The van der Waals surface area contributed by atoms with E-state index < -0.39 is 29.3 Å². The zero-order valence-corrected chi connectivity index (χ0v) is 21.5. The molecule has 0 aromatic heterocycles. The molecule has 36 heavy (non-hydrogen) atoms. The number of ether oxygens (including phenoxy) is 2. The summed E-state index contributed by atoms with van der Waals surface area (Å²) in [6, 6.07) is 7.99. The van der Waals surface area contributed by atoms with E-state index in [0.717, 1.165) is 19.3 Å². The van der Waals surface area contributed by atoms with Gasteiger partial charge in [-0.3, -0.25) is 15.0 Å². The molecule has 1 amide bonds. The topological polar surface area (TPSA) is 126 Å². The number of esters is 1. The molecule has 1 aliphatic rings. The lowest BCUT2D eigenvalue weighted by molar-refractivity contribution is -0.150. The van der Waals surface area contributed by atoms with Gasteiger partial charge in [0.2, 0.25) is 5.91 Å².